The highest BCUT2D eigenvalue weighted by molar-refractivity contribution is 7.86. The summed E-state index contributed by atoms with van der Waals surface area (Å²) in [6.07, 6.45) is -4.66. The summed E-state index contributed by atoms with van der Waals surface area (Å²) in [7, 11) is -2.01. The summed E-state index contributed by atoms with van der Waals surface area (Å²) < 4.78 is 60.1. The number of rotatable bonds is 5. The highest BCUT2D eigenvalue weighted by atomic mass is 35.5. The molecule has 3 aromatic carbocycles. The van der Waals surface area contributed by atoms with E-state index < -0.39 is 27.7 Å². The van der Waals surface area contributed by atoms with Crippen molar-refractivity contribution in [1.82, 2.24) is 0 Å². The van der Waals surface area contributed by atoms with Gasteiger partial charge in [0.2, 0.25) is 0 Å². The van der Waals surface area contributed by atoms with Crippen LogP contribution in [0.5, 0.6) is 11.5 Å². The van der Waals surface area contributed by atoms with Crippen molar-refractivity contribution in [3.63, 3.8) is 0 Å². The van der Waals surface area contributed by atoms with E-state index in [2.05, 4.69) is 4.72 Å². The Morgan fingerprint density at radius 1 is 0.929 bits per heavy atom. The maximum Gasteiger partial charge on any atom is 0.417 e. The van der Waals surface area contributed by atoms with Gasteiger partial charge in [-0.25, -0.2) is 4.21 Å². The highest BCUT2D eigenvalue weighted by Gasteiger charge is 2.33. The van der Waals surface area contributed by atoms with E-state index in [4.69, 9.17) is 27.9 Å². The van der Waals surface area contributed by atoms with Crippen LogP contribution < -0.4 is 9.46 Å². The highest BCUT2D eigenvalue weighted by Crippen LogP contribution is 2.37. The minimum Gasteiger partial charge on any atom is -0.455 e. The van der Waals surface area contributed by atoms with Crippen LogP contribution in [-0.4, -0.2) is 4.21 Å². The molecule has 0 saturated heterocycles. The van der Waals surface area contributed by atoms with Crippen molar-refractivity contribution in [3.8, 4) is 11.5 Å². The van der Waals surface area contributed by atoms with E-state index in [9.17, 15) is 17.4 Å². The minimum absolute atomic E-state index is 0.0950. The fourth-order valence-corrected chi connectivity index (χ4v) is 3.57. The van der Waals surface area contributed by atoms with Gasteiger partial charge in [0.15, 0.2) is 5.75 Å². The molecule has 0 aliphatic carbocycles. The van der Waals surface area contributed by atoms with Crippen LogP contribution in [0.1, 0.15) is 5.56 Å². The Bertz CT molecular complexity index is 1010. The van der Waals surface area contributed by atoms with Crippen molar-refractivity contribution < 1.29 is 22.1 Å². The molecule has 3 rings (SSSR count). The number of alkyl halides is 3. The van der Waals surface area contributed by atoms with Crippen LogP contribution in [0.15, 0.2) is 71.6 Å². The van der Waals surface area contributed by atoms with E-state index in [1.165, 1.54) is 12.1 Å². The number of benzene rings is 3. The van der Waals surface area contributed by atoms with Crippen LogP contribution in [0.25, 0.3) is 0 Å². The molecule has 0 radical (unpaired) electrons. The molecule has 1 atom stereocenters. The second-order valence-corrected chi connectivity index (χ2v) is 7.62. The maximum atomic E-state index is 13.0. The van der Waals surface area contributed by atoms with E-state index in [-0.39, 0.29) is 10.6 Å². The van der Waals surface area contributed by atoms with Gasteiger partial charge < -0.3 is 4.74 Å². The maximum absolute atomic E-state index is 13.0. The van der Waals surface area contributed by atoms with Gasteiger partial charge in [0, 0.05) is 5.02 Å². The number of ether oxygens (including phenoxy) is 1. The topological polar surface area (TPSA) is 38.3 Å². The molecule has 0 heterocycles. The first-order chi connectivity index (χ1) is 13.2. The van der Waals surface area contributed by atoms with Crippen LogP contribution in [0.2, 0.25) is 10.0 Å². The third-order valence-electron chi connectivity index (χ3n) is 3.57. The van der Waals surface area contributed by atoms with Crippen molar-refractivity contribution in [2.75, 3.05) is 4.72 Å². The molecule has 0 spiro atoms. The lowest BCUT2D eigenvalue weighted by Gasteiger charge is -2.14. The number of hydrogen-bond donors (Lipinski definition) is 1. The number of anilines is 1. The van der Waals surface area contributed by atoms with Gasteiger partial charge in [0.05, 0.1) is 21.2 Å². The fraction of sp³-hybridized carbons (Fsp3) is 0.0526. The van der Waals surface area contributed by atoms with Crippen LogP contribution in [-0.2, 0) is 17.2 Å². The smallest absolute Gasteiger partial charge is 0.417 e. The van der Waals surface area contributed by atoms with Crippen LogP contribution in [0.4, 0.5) is 18.9 Å². The summed E-state index contributed by atoms with van der Waals surface area (Å²) in [5.74, 6) is 0.846. The van der Waals surface area contributed by atoms with Gasteiger partial charge in [-0.1, -0.05) is 41.4 Å². The lowest BCUT2D eigenvalue weighted by molar-refractivity contribution is -0.137. The minimum atomic E-state index is -4.66. The zero-order valence-corrected chi connectivity index (χ0v) is 16.3. The second kappa shape index (κ2) is 8.43. The lowest BCUT2D eigenvalue weighted by atomic mass is 10.2. The number of halogens is 5. The fourth-order valence-electron chi connectivity index (χ4n) is 2.28. The molecule has 0 aliphatic heterocycles. The Labute approximate surface area is 171 Å². The summed E-state index contributed by atoms with van der Waals surface area (Å²) in [5, 5.41) is -0.129. The molecule has 3 aromatic rings. The van der Waals surface area contributed by atoms with Gasteiger partial charge in [-0.3, -0.25) is 4.72 Å². The van der Waals surface area contributed by atoms with Gasteiger partial charge in [-0.2, -0.15) is 13.2 Å². The van der Waals surface area contributed by atoms with Crippen molar-refractivity contribution >= 4 is 39.9 Å². The first-order valence-electron chi connectivity index (χ1n) is 7.81. The first kappa shape index (κ1) is 20.5. The lowest BCUT2D eigenvalue weighted by Crippen LogP contribution is -2.10. The molecule has 1 N–H and O–H groups in total. The first-order valence-corrected chi connectivity index (χ1v) is 9.72. The standard InChI is InChI=1S/C19H12Cl2F3NO2S/c20-12-6-9-18(27-13-4-2-1-3-5-13)17(10-12)25-28(26)14-7-8-16(21)15(11-14)19(22,23)24/h1-11,25H. The summed E-state index contributed by atoms with van der Waals surface area (Å²) in [4.78, 5) is -0.0950. The molecule has 9 heteroatoms. The molecule has 1 unspecified atom stereocenters. The normalized spacial score (nSPS) is 12.5. The van der Waals surface area contributed by atoms with Crippen molar-refractivity contribution in [3.05, 3.63) is 82.3 Å². The van der Waals surface area contributed by atoms with Gasteiger partial charge in [-0.05, 0) is 48.5 Å². The van der Waals surface area contributed by atoms with Crippen LogP contribution >= 0.6 is 23.2 Å². The summed E-state index contributed by atoms with van der Waals surface area (Å²) in [6, 6.07) is 16.5. The molecule has 0 saturated carbocycles. The number of hydrogen-bond acceptors (Lipinski definition) is 2. The summed E-state index contributed by atoms with van der Waals surface area (Å²) in [5.41, 5.74) is -0.799. The number of nitrogens with one attached hydrogen (secondary N) is 1. The summed E-state index contributed by atoms with van der Waals surface area (Å²) >= 11 is 11.6. The zero-order valence-electron chi connectivity index (χ0n) is 14.0. The Kier molecular flexibility index (Phi) is 6.17. The molecule has 28 heavy (non-hydrogen) atoms. The van der Waals surface area contributed by atoms with Gasteiger partial charge in [0.1, 0.15) is 16.7 Å². The van der Waals surface area contributed by atoms with Crippen LogP contribution in [0.3, 0.4) is 0 Å². The molecule has 0 bridgehead atoms. The molecule has 0 aromatic heterocycles. The van der Waals surface area contributed by atoms with Gasteiger partial charge >= 0.3 is 6.18 Å². The van der Waals surface area contributed by atoms with Gasteiger partial charge in [0.25, 0.3) is 0 Å². The van der Waals surface area contributed by atoms with E-state index in [0.29, 0.717) is 16.5 Å². The van der Waals surface area contributed by atoms with E-state index in [1.54, 1.807) is 36.4 Å². The molecule has 0 amide bonds. The molecule has 0 fully saturated rings. The Morgan fingerprint density at radius 2 is 1.64 bits per heavy atom. The van der Waals surface area contributed by atoms with E-state index in [0.717, 1.165) is 12.1 Å². The predicted octanol–water partition coefficient (Wildman–Crippen LogP) is 6.94. The molecule has 3 nitrogen and oxygen atoms in total. The predicted molar refractivity (Wildman–Crippen MR) is 104 cm³/mol. The quantitative estimate of drug-likeness (QED) is 0.461. The number of para-hydroxylation sites is 1. The van der Waals surface area contributed by atoms with Crippen molar-refractivity contribution in [2.24, 2.45) is 0 Å². The SMILES string of the molecule is O=S(Nc1cc(Cl)ccc1Oc1ccccc1)c1ccc(Cl)c(C(F)(F)F)c1. The third kappa shape index (κ3) is 4.98. The monoisotopic (exact) mass is 445 g/mol. The van der Waals surface area contributed by atoms with Crippen molar-refractivity contribution in [1.29, 1.82) is 0 Å². The Hall–Kier alpha value is -2.22. The van der Waals surface area contributed by atoms with Crippen LogP contribution in [0, 0.1) is 0 Å². The van der Waals surface area contributed by atoms with E-state index >= 15 is 0 Å². The average Bonchev–Trinajstić information content (AvgIpc) is 2.64. The Morgan fingerprint density at radius 3 is 2.32 bits per heavy atom. The Balaban J connectivity index is 1.89. The van der Waals surface area contributed by atoms with E-state index in [1.807, 2.05) is 6.07 Å². The molecular weight excluding hydrogens is 434 g/mol. The third-order valence-corrected chi connectivity index (χ3v) is 5.22. The molecular formula is C19H12Cl2F3NO2S. The second-order valence-electron chi connectivity index (χ2n) is 5.57. The zero-order chi connectivity index (χ0) is 20.3. The van der Waals surface area contributed by atoms with Crippen molar-refractivity contribution in [2.45, 2.75) is 11.1 Å². The summed E-state index contributed by atoms with van der Waals surface area (Å²) in [6.45, 7) is 0. The average molecular weight is 446 g/mol. The van der Waals surface area contributed by atoms with Gasteiger partial charge in [-0.15, -0.1) is 0 Å². The molecule has 146 valence electrons. The largest absolute Gasteiger partial charge is 0.455 e. The molecule has 0 aliphatic rings.